The number of aromatic nitrogens is 3. The van der Waals surface area contributed by atoms with Gasteiger partial charge in [-0.1, -0.05) is 17.3 Å². The van der Waals surface area contributed by atoms with Crippen LogP contribution in [0.15, 0.2) is 30.5 Å². The van der Waals surface area contributed by atoms with Crippen molar-refractivity contribution in [1.29, 1.82) is 0 Å². The lowest BCUT2D eigenvalue weighted by Gasteiger charge is -2.24. The van der Waals surface area contributed by atoms with Crippen LogP contribution >= 0.6 is 0 Å². The summed E-state index contributed by atoms with van der Waals surface area (Å²) >= 11 is 0. The van der Waals surface area contributed by atoms with Gasteiger partial charge in [-0.25, -0.2) is 4.68 Å². The number of aromatic hydroxyl groups is 1. The number of hydrogen-bond acceptors (Lipinski definition) is 4. The van der Waals surface area contributed by atoms with Crippen molar-refractivity contribution in [1.82, 2.24) is 15.0 Å². The first-order valence-electron chi connectivity index (χ1n) is 5.46. The Bertz CT molecular complexity index is 503. The van der Waals surface area contributed by atoms with Crippen molar-refractivity contribution in [3.8, 4) is 5.75 Å². The Labute approximate surface area is 99.3 Å². The highest BCUT2D eigenvalue weighted by atomic mass is 16.3. The molecule has 2 aromatic rings. The number of benzene rings is 1. The van der Waals surface area contributed by atoms with Crippen LogP contribution in [-0.2, 0) is 12.1 Å². The van der Waals surface area contributed by atoms with Gasteiger partial charge in [0.25, 0.3) is 0 Å². The number of aliphatic hydroxyl groups is 1. The van der Waals surface area contributed by atoms with E-state index in [2.05, 4.69) is 10.3 Å². The first kappa shape index (κ1) is 11.6. The number of phenols is 1. The highest BCUT2D eigenvalue weighted by molar-refractivity contribution is 5.34. The molecular weight excluding hydrogens is 218 g/mol. The van der Waals surface area contributed by atoms with E-state index < -0.39 is 5.60 Å². The molecule has 0 saturated carbocycles. The number of rotatable bonds is 3. The van der Waals surface area contributed by atoms with E-state index in [1.165, 1.54) is 0 Å². The molecule has 1 aromatic carbocycles. The summed E-state index contributed by atoms with van der Waals surface area (Å²) in [6, 6.07) is 6.46. The molecule has 0 aliphatic carbocycles. The van der Waals surface area contributed by atoms with Gasteiger partial charge < -0.3 is 10.2 Å². The fourth-order valence-electron chi connectivity index (χ4n) is 1.80. The minimum Gasteiger partial charge on any atom is -0.508 e. The van der Waals surface area contributed by atoms with Gasteiger partial charge in [-0.3, -0.25) is 0 Å². The fraction of sp³-hybridized carbons (Fsp3) is 0.333. The zero-order valence-corrected chi connectivity index (χ0v) is 9.83. The minimum absolute atomic E-state index is 0.173. The third kappa shape index (κ3) is 2.01. The third-order valence-corrected chi connectivity index (χ3v) is 2.85. The van der Waals surface area contributed by atoms with Crippen molar-refractivity contribution < 1.29 is 10.2 Å². The van der Waals surface area contributed by atoms with Crippen molar-refractivity contribution in [2.24, 2.45) is 0 Å². The van der Waals surface area contributed by atoms with Crippen molar-refractivity contribution in [2.45, 2.75) is 26.0 Å². The molecule has 5 nitrogen and oxygen atoms in total. The van der Waals surface area contributed by atoms with Gasteiger partial charge in [-0.2, -0.15) is 0 Å². The van der Waals surface area contributed by atoms with Crippen LogP contribution < -0.4 is 0 Å². The van der Waals surface area contributed by atoms with Gasteiger partial charge in [-0.05, 0) is 31.5 Å². The average molecular weight is 233 g/mol. The van der Waals surface area contributed by atoms with Crippen LogP contribution in [0.2, 0.25) is 0 Å². The van der Waals surface area contributed by atoms with Crippen LogP contribution in [0, 0.1) is 0 Å². The van der Waals surface area contributed by atoms with Crippen LogP contribution in [0.5, 0.6) is 5.75 Å². The summed E-state index contributed by atoms with van der Waals surface area (Å²) < 4.78 is 1.65. The maximum absolute atomic E-state index is 10.6. The van der Waals surface area contributed by atoms with Crippen molar-refractivity contribution in [3.63, 3.8) is 0 Å². The molecule has 90 valence electrons. The van der Waals surface area contributed by atoms with Crippen LogP contribution in [0.3, 0.4) is 0 Å². The molecule has 1 atom stereocenters. The van der Waals surface area contributed by atoms with Gasteiger partial charge in [0.2, 0.25) is 0 Å². The third-order valence-electron chi connectivity index (χ3n) is 2.85. The van der Waals surface area contributed by atoms with Gasteiger partial charge in [0.1, 0.15) is 11.4 Å². The SMILES string of the molecule is CCn1nncc1C(C)(O)c1ccc(O)cc1. The molecule has 5 heteroatoms. The summed E-state index contributed by atoms with van der Waals surface area (Å²) in [6.45, 7) is 4.26. The summed E-state index contributed by atoms with van der Waals surface area (Å²) in [5, 5.41) is 27.5. The molecular formula is C12H15N3O2. The Morgan fingerprint density at radius 1 is 1.29 bits per heavy atom. The first-order chi connectivity index (χ1) is 8.05. The molecule has 0 fully saturated rings. The predicted octanol–water partition coefficient (Wildman–Crippen LogP) is 1.26. The number of nitrogens with zero attached hydrogens (tertiary/aromatic N) is 3. The molecule has 1 aromatic heterocycles. The molecule has 0 aliphatic rings. The lowest BCUT2D eigenvalue weighted by atomic mass is 9.93. The highest BCUT2D eigenvalue weighted by Gasteiger charge is 2.29. The lowest BCUT2D eigenvalue weighted by Crippen LogP contribution is -2.26. The Morgan fingerprint density at radius 3 is 2.53 bits per heavy atom. The number of aryl methyl sites for hydroxylation is 1. The number of hydrogen-bond donors (Lipinski definition) is 2. The smallest absolute Gasteiger partial charge is 0.130 e. The van der Waals surface area contributed by atoms with Crippen LogP contribution in [0.1, 0.15) is 25.1 Å². The predicted molar refractivity (Wildman–Crippen MR) is 62.5 cm³/mol. The Kier molecular flexibility index (Phi) is 2.85. The standard InChI is InChI=1S/C12H15N3O2/c1-3-15-11(8-13-14-15)12(2,17)9-4-6-10(16)7-5-9/h4-8,16-17H,3H2,1-2H3. The van der Waals surface area contributed by atoms with Crippen LogP contribution in [0.4, 0.5) is 0 Å². The quantitative estimate of drug-likeness (QED) is 0.837. The lowest BCUT2D eigenvalue weighted by molar-refractivity contribution is 0.0917. The minimum atomic E-state index is -1.17. The van der Waals surface area contributed by atoms with Crippen LogP contribution in [-0.4, -0.2) is 25.2 Å². The second kappa shape index (κ2) is 4.18. The monoisotopic (exact) mass is 233 g/mol. The van der Waals surface area contributed by atoms with Crippen molar-refractivity contribution in [2.75, 3.05) is 0 Å². The van der Waals surface area contributed by atoms with Gasteiger partial charge in [0.05, 0.1) is 11.9 Å². The maximum atomic E-state index is 10.6. The van der Waals surface area contributed by atoms with E-state index in [-0.39, 0.29) is 5.75 Å². The zero-order chi connectivity index (χ0) is 12.5. The van der Waals surface area contributed by atoms with E-state index >= 15 is 0 Å². The van der Waals surface area contributed by atoms with Gasteiger partial charge >= 0.3 is 0 Å². The Balaban J connectivity index is 2.45. The second-order valence-corrected chi connectivity index (χ2v) is 4.05. The van der Waals surface area contributed by atoms with Gasteiger partial charge in [0, 0.05) is 6.54 Å². The zero-order valence-electron chi connectivity index (χ0n) is 9.83. The molecule has 0 amide bonds. The molecule has 0 saturated heterocycles. The van der Waals surface area contributed by atoms with E-state index in [4.69, 9.17) is 0 Å². The van der Waals surface area contributed by atoms with E-state index in [1.807, 2.05) is 6.92 Å². The second-order valence-electron chi connectivity index (χ2n) is 4.05. The molecule has 1 unspecified atom stereocenters. The summed E-state index contributed by atoms with van der Waals surface area (Å²) in [6.07, 6.45) is 1.55. The Hall–Kier alpha value is -1.88. The summed E-state index contributed by atoms with van der Waals surface area (Å²) in [7, 11) is 0. The van der Waals surface area contributed by atoms with Gasteiger partial charge in [0.15, 0.2) is 0 Å². The summed E-state index contributed by atoms with van der Waals surface area (Å²) in [5.74, 6) is 0.173. The molecule has 2 rings (SSSR count). The number of phenolic OH excluding ortho intramolecular Hbond substituents is 1. The molecule has 0 bridgehead atoms. The normalized spacial score (nSPS) is 14.5. The highest BCUT2D eigenvalue weighted by Crippen LogP contribution is 2.29. The van der Waals surface area contributed by atoms with E-state index in [1.54, 1.807) is 42.1 Å². The molecule has 0 aliphatic heterocycles. The van der Waals surface area contributed by atoms with Crippen molar-refractivity contribution >= 4 is 0 Å². The summed E-state index contributed by atoms with van der Waals surface area (Å²) in [5.41, 5.74) is 0.144. The van der Waals surface area contributed by atoms with Crippen LogP contribution in [0.25, 0.3) is 0 Å². The average Bonchev–Trinajstić information content (AvgIpc) is 2.78. The summed E-state index contributed by atoms with van der Waals surface area (Å²) in [4.78, 5) is 0. The van der Waals surface area contributed by atoms with Gasteiger partial charge in [-0.15, -0.1) is 5.10 Å². The van der Waals surface area contributed by atoms with Crippen molar-refractivity contribution in [3.05, 3.63) is 41.7 Å². The largest absolute Gasteiger partial charge is 0.508 e. The Morgan fingerprint density at radius 2 is 1.94 bits per heavy atom. The fourth-order valence-corrected chi connectivity index (χ4v) is 1.80. The molecule has 0 spiro atoms. The van der Waals surface area contributed by atoms with E-state index in [9.17, 15) is 10.2 Å². The maximum Gasteiger partial charge on any atom is 0.130 e. The molecule has 0 radical (unpaired) electrons. The molecule has 1 heterocycles. The molecule has 17 heavy (non-hydrogen) atoms. The first-order valence-corrected chi connectivity index (χ1v) is 5.46. The van der Waals surface area contributed by atoms with E-state index in [0.29, 0.717) is 17.8 Å². The topological polar surface area (TPSA) is 71.2 Å². The van der Waals surface area contributed by atoms with E-state index in [0.717, 1.165) is 0 Å². The molecule has 2 N–H and O–H groups in total.